The quantitative estimate of drug-likeness (QED) is 0.828. The fourth-order valence-electron chi connectivity index (χ4n) is 2.38. The van der Waals surface area contributed by atoms with Gasteiger partial charge in [-0.3, -0.25) is 4.40 Å². The van der Waals surface area contributed by atoms with Gasteiger partial charge in [-0.2, -0.15) is 5.26 Å². The molecule has 0 amide bonds. The molecule has 0 spiro atoms. The maximum absolute atomic E-state index is 9.07. The molecule has 0 fully saturated rings. The lowest BCUT2D eigenvalue weighted by molar-refractivity contribution is 0.566. The first-order chi connectivity index (χ1) is 8.40. The van der Waals surface area contributed by atoms with Gasteiger partial charge in [-0.05, 0) is 13.3 Å². The third kappa shape index (κ3) is 1.93. The smallest absolute Gasteiger partial charge is 0.194 e. The summed E-state index contributed by atoms with van der Waals surface area (Å²) < 4.78 is 2.20. The van der Waals surface area contributed by atoms with Gasteiger partial charge in [0.1, 0.15) is 0 Å². The molecule has 0 aliphatic rings. The van der Waals surface area contributed by atoms with Crippen LogP contribution >= 0.6 is 11.3 Å². The molecular formula is C14H19N3S. The lowest BCUT2D eigenvalue weighted by atomic mass is 9.90. The molecule has 2 rings (SSSR count). The minimum absolute atomic E-state index is 0.0170. The first-order valence-electron chi connectivity index (χ1n) is 6.27. The van der Waals surface area contributed by atoms with E-state index < -0.39 is 0 Å². The van der Waals surface area contributed by atoms with Crippen LogP contribution in [0.1, 0.15) is 49.7 Å². The molecule has 0 radical (unpaired) electrons. The fourth-order valence-corrected chi connectivity index (χ4v) is 3.45. The molecule has 2 heterocycles. The predicted octanol–water partition coefficient (Wildman–Crippen LogP) is 3.63. The van der Waals surface area contributed by atoms with Crippen LogP contribution in [0.25, 0.3) is 4.96 Å². The van der Waals surface area contributed by atoms with Gasteiger partial charge in [0.05, 0.1) is 23.9 Å². The number of hydrogen-bond acceptors (Lipinski definition) is 3. The molecule has 0 saturated heterocycles. The number of rotatable bonds is 2. The number of aromatic nitrogens is 2. The SMILES string of the molecule is CCc1c(C)sc2nc(C(C)(C)C)c(CC#N)n12. The lowest BCUT2D eigenvalue weighted by Crippen LogP contribution is -2.15. The number of hydrogen-bond donors (Lipinski definition) is 0. The standard InChI is InChI=1S/C14H19N3S/c1-6-10-9(2)18-13-16-12(14(3,4)5)11(7-8-15)17(10)13/h6-7H2,1-5H3. The van der Waals surface area contributed by atoms with E-state index in [0.717, 1.165) is 22.8 Å². The van der Waals surface area contributed by atoms with Gasteiger partial charge in [-0.1, -0.05) is 27.7 Å². The van der Waals surface area contributed by atoms with Crippen molar-refractivity contribution < 1.29 is 0 Å². The third-order valence-electron chi connectivity index (χ3n) is 3.15. The maximum Gasteiger partial charge on any atom is 0.194 e. The van der Waals surface area contributed by atoms with Crippen molar-refractivity contribution in [1.29, 1.82) is 5.26 Å². The summed E-state index contributed by atoms with van der Waals surface area (Å²) in [5.74, 6) is 0. The second-order valence-electron chi connectivity index (χ2n) is 5.57. The van der Waals surface area contributed by atoms with Gasteiger partial charge in [0.15, 0.2) is 4.96 Å². The molecule has 0 aliphatic carbocycles. The summed E-state index contributed by atoms with van der Waals surface area (Å²) in [4.78, 5) is 7.09. The van der Waals surface area contributed by atoms with E-state index in [1.165, 1.54) is 10.6 Å². The molecule has 18 heavy (non-hydrogen) atoms. The van der Waals surface area contributed by atoms with Crippen LogP contribution in [0.2, 0.25) is 0 Å². The molecule has 0 atom stereocenters. The normalized spacial score (nSPS) is 12.0. The van der Waals surface area contributed by atoms with Crippen LogP contribution in [0.4, 0.5) is 0 Å². The van der Waals surface area contributed by atoms with E-state index in [-0.39, 0.29) is 5.41 Å². The Balaban J connectivity index is 2.80. The highest BCUT2D eigenvalue weighted by atomic mass is 32.1. The molecule has 4 heteroatoms. The minimum atomic E-state index is -0.0170. The van der Waals surface area contributed by atoms with Crippen molar-refractivity contribution in [3.63, 3.8) is 0 Å². The molecule has 96 valence electrons. The molecular weight excluding hydrogens is 242 g/mol. The molecule has 0 aliphatic heterocycles. The molecule has 0 N–H and O–H groups in total. The largest absolute Gasteiger partial charge is 0.290 e. The third-order valence-corrected chi connectivity index (χ3v) is 4.15. The summed E-state index contributed by atoms with van der Waals surface area (Å²) in [5, 5.41) is 9.07. The van der Waals surface area contributed by atoms with E-state index in [2.05, 4.69) is 45.1 Å². The van der Waals surface area contributed by atoms with Crippen molar-refractivity contribution in [2.45, 2.75) is 52.9 Å². The van der Waals surface area contributed by atoms with Crippen molar-refractivity contribution in [3.05, 3.63) is 22.0 Å². The predicted molar refractivity (Wildman–Crippen MR) is 75.2 cm³/mol. The number of nitrogens with zero attached hydrogens (tertiary/aromatic N) is 3. The lowest BCUT2D eigenvalue weighted by Gasteiger charge is -2.17. The van der Waals surface area contributed by atoms with Crippen LogP contribution in [0, 0.1) is 18.3 Å². The van der Waals surface area contributed by atoms with Crippen molar-refractivity contribution in [2.75, 3.05) is 0 Å². The van der Waals surface area contributed by atoms with Crippen LogP contribution in [-0.4, -0.2) is 9.38 Å². The number of aryl methyl sites for hydroxylation is 2. The highest BCUT2D eigenvalue weighted by molar-refractivity contribution is 7.17. The van der Waals surface area contributed by atoms with Crippen molar-refractivity contribution in [1.82, 2.24) is 9.38 Å². The first-order valence-corrected chi connectivity index (χ1v) is 7.08. The van der Waals surface area contributed by atoms with Gasteiger partial charge < -0.3 is 0 Å². The molecule has 0 unspecified atom stereocenters. The average molecular weight is 261 g/mol. The Hall–Kier alpha value is -1.34. The Morgan fingerprint density at radius 3 is 2.50 bits per heavy atom. The highest BCUT2D eigenvalue weighted by Crippen LogP contribution is 2.32. The zero-order valence-corrected chi connectivity index (χ0v) is 12.5. The Labute approximate surface area is 112 Å². The number of imidazole rings is 1. The minimum Gasteiger partial charge on any atom is -0.290 e. The van der Waals surface area contributed by atoms with Crippen LogP contribution in [-0.2, 0) is 18.3 Å². The summed E-state index contributed by atoms with van der Waals surface area (Å²) in [6, 6.07) is 2.28. The number of nitriles is 1. The van der Waals surface area contributed by atoms with Crippen LogP contribution in [0.3, 0.4) is 0 Å². The number of thiazole rings is 1. The van der Waals surface area contributed by atoms with Crippen LogP contribution in [0.5, 0.6) is 0 Å². The van der Waals surface area contributed by atoms with Crippen LogP contribution < -0.4 is 0 Å². The summed E-state index contributed by atoms with van der Waals surface area (Å²) >= 11 is 1.72. The van der Waals surface area contributed by atoms with E-state index >= 15 is 0 Å². The first kappa shape index (κ1) is 13.1. The zero-order valence-electron chi connectivity index (χ0n) is 11.7. The molecule has 0 bridgehead atoms. The van der Waals surface area contributed by atoms with E-state index in [9.17, 15) is 0 Å². The van der Waals surface area contributed by atoms with Gasteiger partial charge >= 0.3 is 0 Å². The van der Waals surface area contributed by atoms with Crippen LogP contribution in [0.15, 0.2) is 0 Å². The fraction of sp³-hybridized carbons (Fsp3) is 0.571. The highest BCUT2D eigenvalue weighted by Gasteiger charge is 2.26. The topological polar surface area (TPSA) is 41.1 Å². The van der Waals surface area contributed by atoms with Crippen molar-refractivity contribution in [2.24, 2.45) is 0 Å². The summed E-state index contributed by atoms with van der Waals surface area (Å²) in [6.45, 7) is 10.7. The summed E-state index contributed by atoms with van der Waals surface area (Å²) in [5.41, 5.74) is 3.41. The van der Waals surface area contributed by atoms with Gasteiger partial charge in [0.25, 0.3) is 0 Å². The van der Waals surface area contributed by atoms with E-state index in [0.29, 0.717) is 6.42 Å². The van der Waals surface area contributed by atoms with Gasteiger partial charge in [-0.15, -0.1) is 11.3 Å². The van der Waals surface area contributed by atoms with Crippen molar-refractivity contribution >= 4 is 16.3 Å². The summed E-state index contributed by atoms with van der Waals surface area (Å²) in [7, 11) is 0. The molecule has 2 aromatic heterocycles. The van der Waals surface area contributed by atoms with Gasteiger partial charge in [0, 0.05) is 16.0 Å². The Morgan fingerprint density at radius 1 is 1.33 bits per heavy atom. The zero-order chi connectivity index (χ0) is 13.5. The van der Waals surface area contributed by atoms with E-state index in [1.54, 1.807) is 11.3 Å². The molecule has 3 nitrogen and oxygen atoms in total. The Bertz CT molecular complexity index is 620. The molecule has 0 aromatic carbocycles. The van der Waals surface area contributed by atoms with Gasteiger partial charge in [0.2, 0.25) is 0 Å². The molecule has 0 saturated carbocycles. The number of fused-ring (bicyclic) bond motifs is 1. The van der Waals surface area contributed by atoms with Gasteiger partial charge in [-0.25, -0.2) is 4.98 Å². The second kappa shape index (κ2) is 4.40. The maximum atomic E-state index is 9.07. The Kier molecular flexibility index (Phi) is 3.20. The Morgan fingerprint density at radius 2 is 2.00 bits per heavy atom. The van der Waals surface area contributed by atoms with E-state index in [1.807, 2.05) is 0 Å². The summed E-state index contributed by atoms with van der Waals surface area (Å²) in [6.07, 6.45) is 1.40. The average Bonchev–Trinajstić information content (AvgIpc) is 2.74. The van der Waals surface area contributed by atoms with E-state index in [4.69, 9.17) is 10.2 Å². The monoisotopic (exact) mass is 261 g/mol. The second-order valence-corrected chi connectivity index (χ2v) is 6.75. The molecule has 2 aromatic rings. The van der Waals surface area contributed by atoms with Crippen molar-refractivity contribution in [3.8, 4) is 6.07 Å².